The molecule has 1 aromatic carbocycles. The maximum Gasteiger partial charge on any atom is 0.123 e. The number of methoxy groups -OCH3 is 1. The van der Waals surface area contributed by atoms with Crippen molar-refractivity contribution < 1.29 is 9.53 Å². The molecule has 0 heterocycles. The number of fused-ring (bicyclic) bond motifs is 3. The molecule has 1 aromatic rings. The minimum absolute atomic E-state index is 0.115. The van der Waals surface area contributed by atoms with Gasteiger partial charge in [-0.2, -0.15) is 0 Å². The van der Waals surface area contributed by atoms with Crippen LogP contribution in [0.5, 0.6) is 5.75 Å². The van der Waals surface area contributed by atoms with Gasteiger partial charge in [0.25, 0.3) is 0 Å². The highest BCUT2D eigenvalue weighted by Gasteiger charge is 2.47. The van der Waals surface area contributed by atoms with E-state index >= 15 is 0 Å². The molecule has 0 aliphatic heterocycles. The van der Waals surface area contributed by atoms with Crippen LogP contribution in [0.3, 0.4) is 0 Å². The van der Waals surface area contributed by atoms with Crippen molar-refractivity contribution in [3.8, 4) is 5.75 Å². The normalized spacial score (nSPS) is 33.2. The molecular weight excluding hydrogens is 236 g/mol. The van der Waals surface area contributed by atoms with Crippen LogP contribution in [-0.2, 0) is 16.6 Å². The lowest BCUT2D eigenvalue weighted by Crippen LogP contribution is -2.44. The Labute approximate surface area is 115 Å². The molecule has 0 N–H and O–H groups in total. The number of hydrogen-bond acceptors (Lipinski definition) is 2. The van der Waals surface area contributed by atoms with Crippen molar-refractivity contribution in [3.05, 3.63) is 29.3 Å². The Kier molecular flexibility index (Phi) is 3.12. The van der Waals surface area contributed by atoms with E-state index < -0.39 is 0 Å². The van der Waals surface area contributed by atoms with Crippen LogP contribution in [-0.4, -0.2) is 13.4 Å². The van der Waals surface area contributed by atoms with Crippen LogP contribution in [0.2, 0.25) is 0 Å². The molecule has 0 aromatic heterocycles. The highest BCUT2D eigenvalue weighted by Crippen LogP contribution is 2.54. The molecule has 0 amide bonds. The van der Waals surface area contributed by atoms with Crippen LogP contribution in [0.15, 0.2) is 18.2 Å². The molecule has 1 fully saturated rings. The van der Waals surface area contributed by atoms with Crippen LogP contribution in [0.4, 0.5) is 0 Å². The fourth-order valence-corrected chi connectivity index (χ4v) is 4.48. The number of aryl methyl sites for hydroxylation is 1. The van der Waals surface area contributed by atoms with E-state index in [0.717, 1.165) is 31.4 Å². The van der Waals surface area contributed by atoms with Crippen LogP contribution in [0, 0.1) is 11.8 Å². The van der Waals surface area contributed by atoms with Crippen molar-refractivity contribution in [2.24, 2.45) is 11.8 Å². The van der Waals surface area contributed by atoms with Gasteiger partial charge in [0.1, 0.15) is 12.0 Å². The minimum Gasteiger partial charge on any atom is -0.496 e. The van der Waals surface area contributed by atoms with E-state index in [4.69, 9.17) is 4.74 Å². The summed E-state index contributed by atoms with van der Waals surface area (Å²) < 4.78 is 5.61. The van der Waals surface area contributed by atoms with Gasteiger partial charge < -0.3 is 9.53 Å². The summed E-state index contributed by atoms with van der Waals surface area (Å²) in [5.74, 6) is 1.73. The Hall–Kier alpha value is -1.31. The van der Waals surface area contributed by atoms with Crippen molar-refractivity contribution in [1.82, 2.24) is 0 Å². The number of hydrogen-bond donors (Lipinski definition) is 0. The minimum atomic E-state index is 0.115. The average Bonchev–Trinajstić information content (AvgIpc) is 2.45. The van der Waals surface area contributed by atoms with Crippen LogP contribution < -0.4 is 4.74 Å². The zero-order valence-electron chi connectivity index (χ0n) is 11.8. The highest BCUT2D eigenvalue weighted by molar-refractivity contribution is 5.57. The van der Waals surface area contributed by atoms with Crippen molar-refractivity contribution in [2.45, 2.75) is 44.4 Å². The first-order valence-electron chi connectivity index (χ1n) is 7.32. The van der Waals surface area contributed by atoms with Crippen molar-refractivity contribution in [1.29, 1.82) is 0 Å². The topological polar surface area (TPSA) is 26.3 Å². The second-order valence-corrected chi connectivity index (χ2v) is 6.25. The van der Waals surface area contributed by atoms with E-state index in [1.165, 1.54) is 23.8 Å². The number of ether oxygens (including phenoxy) is 1. The number of carbonyl (C=O) groups is 1. The molecule has 2 aliphatic carbocycles. The Morgan fingerprint density at radius 2 is 2.21 bits per heavy atom. The molecule has 19 heavy (non-hydrogen) atoms. The highest BCUT2D eigenvalue weighted by atomic mass is 16.5. The molecule has 0 saturated heterocycles. The van der Waals surface area contributed by atoms with Gasteiger partial charge in [-0.3, -0.25) is 0 Å². The van der Waals surface area contributed by atoms with E-state index in [1.807, 2.05) is 0 Å². The van der Waals surface area contributed by atoms with E-state index in [1.54, 1.807) is 7.11 Å². The molecule has 3 rings (SSSR count). The summed E-state index contributed by atoms with van der Waals surface area (Å²) in [7, 11) is 1.75. The Morgan fingerprint density at radius 1 is 1.37 bits per heavy atom. The Bertz CT molecular complexity index is 480. The first-order chi connectivity index (χ1) is 9.20. The summed E-state index contributed by atoms with van der Waals surface area (Å²) in [5.41, 5.74) is 2.91. The third kappa shape index (κ3) is 1.80. The van der Waals surface area contributed by atoms with Gasteiger partial charge in [-0.05, 0) is 48.6 Å². The lowest BCUT2D eigenvalue weighted by Gasteiger charge is -2.49. The summed E-state index contributed by atoms with van der Waals surface area (Å²) in [6.45, 7) is 2.34. The molecule has 2 nitrogen and oxygen atoms in total. The van der Waals surface area contributed by atoms with E-state index in [0.29, 0.717) is 5.92 Å². The molecule has 0 radical (unpaired) electrons. The SMILES string of the molecule is COc1cccc2c1[C@]1(C)CCC[C@H](C=O)[C@H]1CC2. The summed E-state index contributed by atoms with van der Waals surface area (Å²) in [6, 6.07) is 6.38. The monoisotopic (exact) mass is 258 g/mol. The predicted molar refractivity (Wildman–Crippen MR) is 75.6 cm³/mol. The Morgan fingerprint density at radius 3 is 2.95 bits per heavy atom. The summed E-state index contributed by atoms with van der Waals surface area (Å²) in [5, 5.41) is 0. The van der Waals surface area contributed by atoms with E-state index in [-0.39, 0.29) is 11.3 Å². The summed E-state index contributed by atoms with van der Waals surface area (Å²) in [6.07, 6.45) is 6.80. The quantitative estimate of drug-likeness (QED) is 0.759. The zero-order valence-corrected chi connectivity index (χ0v) is 11.8. The molecule has 2 aliphatic rings. The van der Waals surface area contributed by atoms with Gasteiger partial charge in [0, 0.05) is 11.5 Å². The average molecular weight is 258 g/mol. The maximum absolute atomic E-state index is 11.4. The van der Waals surface area contributed by atoms with Gasteiger partial charge in [0.2, 0.25) is 0 Å². The third-order valence-electron chi connectivity index (χ3n) is 5.37. The van der Waals surface area contributed by atoms with Gasteiger partial charge in [0.05, 0.1) is 7.11 Å². The lowest BCUT2D eigenvalue weighted by atomic mass is 9.55. The largest absolute Gasteiger partial charge is 0.496 e. The van der Waals surface area contributed by atoms with Crippen LogP contribution in [0.25, 0.3) is 0 Å². The second-order valence-electron chi connectivity index (χ2n) is 6.25. The fourth-order valence-electron chi connectivity index (χ4n) is 4.48. The van der Waals surface area contributed by atoms with Gasteiger partial charge in [-0.15, -0.1) is 0 Å². The first kappa shape index (κ1) is 12.7. The predicted octanol–water partition coefficient (Wildman–Crippen LogP) is 3.51. The number of carbonyl (C=O) groups excluding carboxylic acids is 1. The van der Waals surface area contributed by atoms with Crippen molar-refractivity contribution >= 4 is 6.29 Å². The second kappa shape index (κ2) is 4.66. The van der Waals surface area contributed by atoms with Gasteiger partial charge in [0.15, 0.2) is 0 Å². The maximum atomic E-state index is 11.4. The summed E-state index contributed by atoms with van der Waals surface area (Å²) in [4.78, 5) is 11.4. The van der Waals surface area contributed by atoms with Gasteiger partial charge >= 0.3 is 0 Å². The van der Waals surface area contributed by atoms with E-state index in [2.05, 4.69) is 25.1 Å². The smallest absolute Gasteiger partial charge is 0.123 e. The van der Waals surface area contributed by atoms with E-state index in [9.17, 15) is 4.79 Å². The summed E-state index contributed by atoms with van der Waals surface area (Å²) >= 11 is 0. The van der Waals surface area contributed by atoms with Crippen molar-refractivity contribution in [3.63, 3.8) is 0 Å². The van der Waals surface area contributed by atoms with Crippen LogP contribution in [0.1, 0.15) is 43.7 Å². The third-order valence-corrected chi connectivity index (χ3v) is 5.37. The van der Waals surface area contributed by atoms with Crippen LogP contribution >= 0.6 is 0 Å². The fraction of sp³-hybridized carbons (Fsp3) is 0.588. The van der Waals surface area contributed by atoms with Gasteiger partial charge in [-0.1, -0.05) is 25.5 Å². The first-order valence-corrected chi connectivity index (χ1v) is 7.32. The zero-order chi connectivity index (χ0) is 13.5. The lowest BCUT2D eigenvalue weighted by molar-refractivity contribution is -0.115. The molecular formula is C17H22O2. The molecule has 3 atom stereocenters. The van der Waals surface area contributed by atoms with Gasteiger partial charge in [-0.25, -0.2) is 0 Å². The van der Waals surface area contributed by atoms with Crippen molar-refractivity contribution in [2.75, 3.05) is 7.11 Å². The molecule has 0 spiro atoms. The molecule has 0 unspecified atom stereocenters. The molecule has 2 heteroatoms. The Balaban J connectivity index is 2.13. The number of benzene rings is 1. The molecule has 0 bridgehead atoms. The standard InChI is InChI=1S/C17H22O2/c1-17-10-4-6-13(11-18)14(17)9-8-12-5-3-7-15(19-2)16(12)17/h3,5,7,11,13-14H,4,6,8-10H2,1-2H3/t13-,14-,17-/m1/s1. The number of rotatable bonds is 2. The molecule has 102 valence electrons. The number of aldehydes is 1. The molecule has 1 saturated carbocycles.